The van der Waals surface area contributed by atoms with E-state index in [2.05, 4.69) is 15.2 Å². The van der Waals surface area contributed by atoms with E-state index in [0.717, 1.165) is 16.9 Å². The van der Waals surface area contributed by atoms with Gasteiger partial charge in [-0.25, -0.2) is 13.1 Å². The molecule has 0 aliphatic heterocycles. The van der Waals surface area contributed by atoms with Crippen molar-refractivity contribution in [2.75, 3.05) is 17.1 Å². The van der Waals surface area contributed by atoms with Crippen LogP contribution in [0.4, 0.5) is 11.6 Å². The minimum absolute atomic E-state index is 0.0281. The van der Waals surface area contributed by atoms with Crippen LogP contribution >= 0.6 is 22.9 Å². The predicted molar refractivity (Wildman–Crippen MR) is 116 cm³/mol. The maximum atomic E-state index is 12.9. The number of aryl methyl sites for hydroxylation is 1. The van der Waals surface area contributed by atoms with E-state index in [1.165, 1.54) is 11.4 Å². The van der Waals surface area contributed by atoms with Gasteiger partial charge in [0.15, 0.2) is 0 Å². The lowest BCUT2D eigenvalue weighted by Gasteiger charge is -2.15. The highest BCUT2D eigenvalue weighted by Crippen LogP contribution is 2.32. The van der Waals surface area contributed by atoms with Crippen LogP contribution in [0.5, 0.6) is 5.75 Å². The lowest BCUT2D eigenvalue weighted by molar-refractivity contribution is 0.102. The summed E-state index contributed by atoms with van der Waals surface area (Å²) in [7, 11) is -2.56. The van der Waals surface area contributed by atoms with E-state index in [-0.39, 0.29) is 26.6 Å². The van der Waals surface area contributed by atoms with Crippen LogP contribution in [0.15, 0.2) is 39.1 Å². The summed E-state index contributed by atoms with van der Waals surface area (Å²) in [6.45, 7) is 5.55. The van der Waals surface area contributed by atoms with Crippen molar-refractivity contribution in [3.05, 3.63) is 50.8 Å². The van der Waals surface area contributed by atoms with Gasteiger partial charge in [-0.3, -0.25) is 4.79 Å². The Bertz CT molecular complexity index is 1180. The van der Waals surface area contributed by atoms with Crippen LogP contribution in [-0.2, 0) is 10.0 Å². The lowest BCUT2D eigenvalue weighted by atomic mass is 10.0. The SMILES string of the molecule is COc1ccc(NC(=O)c2sccc2S(=O)(=O)Nc2onc(C)c2Cl)c(C(C)C)c1. The number of hydrogen-bond acceptors (Lipinski definition) is 7. The smallest absolute Gasteiger partial charge is 0.267 e. The Kier molecular flexibility index (Phi) is 6.39. The molecule has 0 saturated carbocycles. The lowest BCUT2D eigenvalue weighted by Crippen LogP contribution is -2.19. The molecule has 30 heavy (non-hydrogen) atoms. The van der Waals surface area contributed by atoms with E-state index < -0.39 is 15.9 Å². The average Bonchev–Trinajstić information content (AvgIpc) is 3.31. The number of anilines is 2. The first-order valence-electron chi connectivity index (χ1n) is 8.85. The Labute approximate surface area is 183 Å². The number of nitrogens with zero attached hydrogens (tertiary/aromatic N) is 1. The zero-order valence-electron chi connectivity index (χ0n) is 16.6. The molecular weight excluding hydrogens is 450 g/mol. The molecule has 160 valence electrons. The van der Waals surface area contributed by atoms with Gasteiger partial charge in [-0.05, 0) is 48.1 Å². The Balaban J connectivity index is 1.90. The predicted octanol–water partition coefficient (Wildman–Crippen LogP) is 4.88. The van der Waals surface area contributed by atoms with Crippen molar-refractivity contribution < 1.29 is 22.5 Å². The van der Waals surface area contributed by atoms with E-state index in [1.807, 2.05) is 19.9 Å². The molecule has 2 heterocycles. The monoisotopic (exact) mass is 469 g/mol. The minimum atomic E-state index is -4.12. The fourth-order valence-electron chi connectivity index (χ4n) is 2.71. The van der Waals surface area contributed by atoms with Gasteiger partial charge in [0.2, 0.25) is 0 Å². The highest BCUT2D eigenvalue weighted by Gasteiger charge is 2.27. The number of halogens is 1. The van der Waals surface area contributed by atoms with Gasteiger partial charge in [-0.2, -0.15) is 0 Å². The molecule has 0 saturated heterocycles. The van der Waals surface area contributed by atoms with Crippen molar-refractivity contribution in [2.24, 2.45) is 0 Å². The molecule has 0 radical (unpaired) electrons. The molecule has 3 rings (SSSR count). The average molecular weight is 470 g/mol. The summed E-state index contributed by atoms with van der Waals surface area (Å²) in [6, 6.07) is 6.63. The number of amides is 1. The van der Waals surface area contributed by atoms with Gasteiger partial charge in [0.1, 0.15) is 26.2 Å². The van der Waals surface area contributed by atoms with Crippen molar-refractivity contribution in [3.8, 4) is 5.75 Å². The van der Waals surface area contributed by atoms with Crippen LogP contribution in [0.2, 0.25) is 5.02 Å². The summed E-state index contributed by atoms with van der Waals surface area (Å²) >= 11 is 7.00. The van der Waals surface area contributed by atoms with Crippen molar-refractivity contribution in [1.29, 1.82) is 0 Å². The molecule has 0 spiro atoms. The molecule has 0 aliphatic rings. The number of benzene rings is 1. The van der Waals surface area contributed by atoms with Crippen LogP contribution < -0.4 is 14.8 Å². The molecular formula is C19H20ClN3O5S2. The molecule has 0 aliphatic carbocycles. The molecule has 2 aromatic heterocycles. The van der Waals surface area contributed by atoms with Gasteiger partial charge < -0.3 is 14.6 Å². The fourth-order valence-corrected chi connectivity index (χ4v) is 5.20. The second-order valence-corrected chi connectivity index (χ2v) is 9.64. The Morgan fingerprint density at radius 3 is 2.63 bits per heavy atom. The maximum absolute atomic E-state index is 12.9. The van der Waals surface area contributed by atoms with E-state index >= 15 is 0 Å². The first-order chi connectivity index (χ1) is 14.1. The molecule has 11 heteroatoms. The number of sulfonamides is 1. The number of thiophene rings is 1. The Morgan fingerprint density at radius 2 is 2.03 bits per heavy atom. The normalized spacial score (nSPS) is 11.5. The molecule has 2 N–H and O–H groups in total. The second kappa shape index (κ2) is 8.66. The van der Waals surface area contributed by atoms with Gasteiger partial charge in [-0.15, -0.1) is 11.3 Å². The van der Waals surface area contributed by atoms with Crippen molar-refractivity contribution >= 4 is 50.4 Å². The van der Waals surface area contributed by atoms with Gasteiger partial charge in [-0.1, -0.05) is 30.6 Å². The van der Waals surface area contributed by atoms with E-state index in [1.54, 1.807) is 26.2 Å². The fraction of sp³-hybridized carbons (Fsp3) is 0.263. The third-order valence-corrected chi connectivity index (χ3v) is 7.13. The van der Waals surface area contributed by atoms with Crippen LogP contribution in [0, 0.1) is 6.92 Å². The highest BCUT2D eigenvalue weighted by molar-refractivity contribution is 7.93. The topological polar surface area (TPSA) is 111 Å². The molecule has 1 aromatic carbocycles. The molecule has 0 bridgehead atoms. The molecule has 0 unspecified atom stereocenters. The van der Waals surface area contributed by atoms with E-state index in [9.17, 15) is 13.2 Å². The molecule has 3 aromatic rings. The number of carbonyl (C=O) groups excluding carboxylic acids is 1. The number of methoxy groups -OCH3 is 1. The highest BCUT2D eigenvalue weighted by atomic mass is 35.5. The molecule has 0 atom stereocenters. The Hall–Kier alpha value is -2.56. The first kappa shape index (κ1) is 22.1. The van der Waals surface area contributed by atoms with E-state index in [0.29, 0.717) is 17.1 Å². The third kappa shape index (κ3) is 4.45. The van der Waals surface area contributed by atoms with E-state index in [4.69, 9.17) is 20.9 Å². The quantitative estimate of drug-likeness (QED) is 0.510. The number of hydrogen-bond donors (Lipinski definition) is 2. The number of rotatable bonds is 7. The van der Waals surface area contributed by atoms with Gasteiger partial charge in [0.25, 0.3) is 21.8 Å². The zero-order valence-corrected chi connectivity index (χ0v) is 19.0. The summed E-state index contributed by atoms with van der Waals surface area (Å²) in [6.07, 6.45) is 0. The van der Waals surface area contributed by atoms with Crippen LogP contribution in [0.3, 0.4) is 0 Å². The third-order valence-electron chi connectivity index (χ3n) is 4.27. The summed E-state index contributed by atoms with van der Waals surface area (Å²) in [5, 5.41) is 7.99. The summed E-state index contributed by atoms with van der Waals surface area (Å²) in [5.74, 6) is 0.0289. The number of nitrogens with one attached hydrogen (secondary N) is 2. The maximum Gasteiger partial charge on any atom is 0.267 e. The first-order valence-corrected chi connectivity index (χ1v) is 11.6. The van der Waals surface area contributed by atoms with Gasteiger partial charge >= 0.3 is 0 Å². The summed E-state index contributed by atoms with van der Waals surface area (Å²) < 4.78 is 38.0. The minimum Gasteiger partial charge on any atom is -0.497 e. The standard InChI is InChI=1S/C19H20ClN3O5S2/c1-10(2)13-9-12(27-4)5-6-14(13)21-18(24)17-15(7-8-29-17)30(25,26)23-19-16(20)11(3)22-28-19/h5-10,23H,1-4H3,(H,21,24). The molecule has 8 nitrogen and oxygen atoms in total. The van der Waals surface area contributed by atoms with Gasteiger partial charge in [0.05, 0.1) is 7.11 Å². The van der Waals surface area contributed by atoms with Crippen LogP contribution in [0.25, 0.3) is 0 Å². The number of aromatic nitrogens is 1. The summed E-state index contributed by atoms with van der Waals surface area (Å²) in [4.78, 5) is 12.8. The Morgan fingerprint density at radius 1 is 1.30 bits per heavy atom. The van der Waals surface area contributed by atoms with Crippen molar-refractivity contribution in [3.63, 3.8) is 0 Å². The second-order valence-electron chi connectivity index (χ2n) is 6.69. The zero-order chi connectivity index (χ0) is 22.1. The van der Waals surface area contributed by atoms with Gasteiger partial charge in [0, 0.05) is 5.69 Å². The van der Waals surface area contributed by atoms with Crippen LogP contribution in [0.1, 0.15) is 40.7 Å². The number of ether oxygens (including phenoxy) is 1. The summed E-state index contributed by atoms with van der Waals surface area (Å²) in [5.41, 5.74) is 1.79. The molecule has 1 amide bonds. The van der Waals surface area contributed by atoms with Crippen molar-refractivity contribution in [1.82, 2.24) is 5.16 Å². The number of carbonyl (C=O) groups is 1. The van der Waals surface area contributed by atoms with Crippen molar-refractivity contribution in [2.45, 2.75) is 31.6 Å². The largest absolute Gasteiger partial charge is 0.497 e. The molecule has 0 fully saturated rings. The van der Waals surface area contributed by atoms with Crippen LogP contribution in [-0.4, -0.2) is 26.6 Å².